The summed E-state index contributed by atoms with van der Waals surface area (Å²) in [6.45, 7) is 0. The first-order valence-electron chi connectivity index (χ1n) is 2.58. The van der Waals surface area contributed by atoms with E-state index < -0.39 is 24.6 Å². The van der Waals surface area contributed by atoms with E-state index in [1.165, 1.54) is 0 Å². The zero-order valence-electron chi connectivity index (χ0n) is 5.61. The second-order valence-corrected chi connectivity index (χ2v) is 1.85. The van der Waals surface area contributed by atoms with Crippen LogP contribution in [0.4, 0.5) is 31.1 Å². The Kier molecular flexibility index (Phi) is 3.01. The SMILES string of the molecule is O=C(O)OC(C(F)(F)F)C(F)(F)F. The first-order valence-corrected chi connectivity index (χ1v) is 2.58. The van der Waals surface area contributed by atoms with E-state index in [0.29, 0.717) is 0 Å². The molecule has 0 aliphatic rings. The smallest absolute Gasteiger partial charge is 0.450 e. The van der Waals surface area contributed by atoms with Crippen molar-refractivity contribution in [1.82, 2.24) is 0 Å². The van der Waals surface area contributed by atoms with Crippen molar-refractivity contribution >= 4 is 6.16 Å². The van der Waals surface area contributed by atoms with E-state index >= 15 is 0 Å². The molecule has 0 fully saturated rings. The van der Waals surface area contributed by atoms with Crippen LogP contribution in [0.2, 0.25) is 0 Å². The first kappa shape index (κ1) is 11.8. The van der Waals surface area contributed by atoms with Crippen LogP contribution < -0.4 is 0 Å². The maximum absolute atomic E-state index is 11.5. The van der Waals surface area contributed by atoms with Crippen LogP contribution in [-0.2, 0) is 4.74 Å². The predicted octanol–water partition coefficient (Wildman–Crippen LogP) is 2.17. The number of hydrogen-bond acceptors (Lipinski definition) is 2. The molecule has 0 aromatic heterocycles. The quantitative estimate of drug-likeness (QED) is 0.535. The molecule has 0 heterocycles. The van der Waals surface area contributed by atoms with Gasteiger partial charge < -0.3 is 9.84 Å². The number of ether oxygens (including phenoxy) is 1. The summed E-state index contributed by atoms with van der Waals surface area (Å²) in [6, 6.07) is 0. The van der Waals surface area contributed by atoms with Crippen molar-refractivity contribution in [1.29, 1.82) is 0 Å². The second-order valence-electron chi connectivity index (χ2n) is 1.85. The minimum atomic E-state index is -5.80. The standard InChI is InChI=1S/C4H2F6O3/c5-3(6,7)1(4(8,9)10)13-2(11)12/h1H,(H,11,12). The Labute approximate surface area is 66.9 Å². The number of alkyl halides is 6. The molecular weight excluding hydrogens is 210 g/mol. The van der Waals surface area contributed by atoms with E-state index in [2.05, 4.69) is 4.74 Å². The van der Waals surface area contributed by atoms with Gasteiger partial charge in [0.05, 0.1) is 0 Å². The topological polar surface area (TPSA) is 46.5 Å². The summed E-state index contributed by atoms with van der Waals surface area (Å²) in [7, 11) is 0. The van der Waals surface area contributed by atoms with Gasteiger partial charge in [0, 0.05) is 0 Å². The summed E-state index contributed by atoms with van der Waals surface area (Å²) in [6.07, 6.45) is -18.5. The average molecular weight is 212 g/mol. The lowest BCUT2D eigenvalue weighted by Crippen LogP contribution is -2.45. The van der Waals surface area contributed by atoms with E-state index in [4.69, 9.17) is 5.11 Å². The van der Waals surface area contributed by atoms with Gasteiger partial charge in [0.25, 0.3) is 6.10 Å². The molecule has 0 amide bonds. The highest BCUT2D eigenvalue weighted by Gasteiger charge is 2.60. The van der Waals surface area contributed by atoms with E-state index in [1.807, 2.05) is 0 Å². The van der Waals surface area contributed by atoms with Crippen molar-refractivity contribution in [2.24, 2.45) is 0 Å². The lowest BCUT2D eigenvalue weighted by atomic mass is 10.3. The fourth-order valence-electron chi connectivity index (χ4n) is 0.420. The van der Waals surface area contributed by atoms with Crippen LogP contribution in [0.15, 0.2) is 0 Å². The molecule has 0 radical (unpaired) electrons. The third-order valence-electron chi connectivity index (χ3n) is 0.813. The number of rotatable bonds is 1. The molecule has 0 saturated carbocycles. The van der Waals surface area contributed by atoms with Gasteiger partial charge in [-0.1, -0.05) is 0 Å². The molecule has 0 aromatic carbocycles. The van der Waals surface area contributed by atoms with Crippen molar-refractivity contribution in [3.8, 4) is 0 Å². The summed E-state index contributed by atoms with van der Waals surface area (Å²) >= 11 is 0. The van der Waals surface area contributed by atoms with Crippen LogP contribution in [0.5, 0.6) is 0 Å². The molecule has 0 spiro atoms. The molecule has 0 rings (SSSR count). The van der Waals surface area contributed by atoms with Gasteiger partial charge >= 0.3 is 18.5 Å². The molecule has 3 nitrogen and oxygen atoms in total. The third kappa shape index (κ3) is 3.85. The van der Waals surface area contributed by atoms with Crippen LogP contribution >= 0.6 is 0 Å². The van der Waals surface area contributed by atoms with Gasteiger partial charge in [0.2, 0.25) is 0 Å². The molecule has 0 aliphatic heterocycles. The number of hydrogen-bond donors (Lipinski definition) is 1. The first-order chi connectivity index (χ1) is 5.55. The average Bonchev–Trinajstić information content (AvgIpc) is 1.77. The highest BCUT2D eigenvalue weighted by Crippen LogP contribution is 2.35. The van der Waals surface area contributed by atoms with Crippen molar-refractivity contribution in [3.63, 3.8) is 0 Å². The van der Waals surface area contributed by atoms with E-state index in [-0.39, 0.29) is 0 Å². The van der Waals surface area contributed by atoms with Crippen molar-refractivity contribution in [2.75, 3.05) is 0 Å². The van der Waals surface area contributed by atoms with Gasteiger partial charge in [-0.15, -0.1) is 0 Å². The maximum Gasteiger partial charge on any atom is 0.506 e. The van der Waals surface area contributed by atoms with Gasteiger partial charge in [-0.05, 0) is 0 Å². The van der Waals surface area contributed by atoms with Gasteiger partial charge in [-0.25, -0.2) is 4.79 Å². The molecule has 0 aliphatic carbocycles. The van der Waals surface area contributed by atoms with Crippen LogP contribution in [0.25, 0.3) is 0 Å². The van der Waals surface area contributed by atoms with E-state index in [9.17, 15) is 31.1 Å². The number of halogens is 6. The van der Waals surface area contributed by atoms with Gasteiger partial charge in [0.1, 0.15) is 0 Å². The van der Waals surface area contributed by atoms with Crippen molar-refractivity contribution in [2.45, 2.75) is 18.5 Å². The normalized spacial score (nSPS) is 13.2. The molecule has 0 saturated heterocycles. The minimum Gasteiger partial charge on any atom is -0.450 e. The Morgan fingerprint density at radius 3 is 1.46 bits per heavy atom. The summed E-state index contributed by atoms with van der Waals surface area (Å²) < 4.78 is 71.5. The fourth-order valence-corrected chi connectivity index (χ4v) is 0.420. The molecule has 9 heteroatoms. The predicted molar refractivity (Wildman–Crippen MR) is 25.0 cm³/mol. The van der Waals surface area contributed by atoms with Gasteiger partial charge in [0.15, 0.2) is 0 Å². The van der Waals surface area contributed by atoms with Crippen LogP contribution in [0.3, 0.4) is 0 Å². The molecule has 0 bridgehead atoms. The van der Waals surface area contributed by atoms with Crippen molar-refractivity contribution in [3.05, 3.63) is 0 Å². The Balaban J connectivity index is 4.68. The third-order valence-corrected chi connectivity index (χ3v) is 0.813. The summed E-state index contributed by atoms with van der Waals surface area (Å²) in [5.41, 5.74) is 0. The zero-order chi connectivity index (χ0) is 10.9. The Bertz CT molecular complexity index is 179. The number of carboxylic acid groups (broad SMARTS) is 1. The molecule has 1 N–H and O–H groups in total. The monoisotopic (exact) mass is 212 g/mol. The van der Waals surface area contributed by atoms with Crippen molar-refractivity contribution < 1.29 is 41.0 Å². The minimum absolute atomic E-state index is 2.64. The van der Waals surface area contributed by atoms with Gasteiger partial charge in [-0.2, -0.15) is 26.3 Å². The lowest BCUT2D eigenvalue weighted by Gasteiger charge is -2.20. The summed E-state index contributed by atoms with van der Waals surface area (Å²) in [5.74, 6) is 0. The largest absolute Gasteiger partial charge is 0.506 e. The molecular formula is C4H2F6O3. The molecule has 0 unspecified atom stereocenters. The molecule has 78 valence electrons. The summed E-state index contributed by atoms with van der Waals surface area (Å²) in [4.78, 5) is 9.48. The van der Waals surface area contributed by atoms with Crippen LogP contribution in [0.1, 0.15) is 0 Å². The Hall–Kier alpha value is -1.15. The Morgan fingerprint density at radius 1 is 1.08 bits per heavy atom. The molecule has 13 heavy (non-hydrogen) atoms. The second kappa shape index (κ2) is 3.30. The maximum atomic E-state index is 11.5. The molecule has 0 aromatic rings. The van der Waals surface area contributed by atoms with Gasteiger partial charge in [-0.3, -0.25) is 0 Å². The van der Waals surface area contributed by atoms with E-state index in [0.717, 1.165) is 0 Å². The van der Waals surface area contributed by atoms with Crippen LogP contribution in [-0.4, -0.2) is 29.7 Å². The van der Waals surface area contributed by atoms with Crippen LogP contribution in [0, 0.1) is 0 Å². The highest BCUT2D eigenvalue weighted by atomic mass is 19.4. The fraction of sp³-hybridized carbons (Fsp3) is 0.750. The molecule has 0 atom stereocenters. The highest BCUT2D eigenvalue weighted by molar-refractivity contribution is 5.57. The Morgan fingerprint density at radius 2 is 1.38 bits per heavy atom. The number of carbonyl (C=O) groups is 1. The van der Waals surface area contributed by atoms with E-state index in [1.54, 1.807) is 0 Å². The zero-order valence-corrected chi connectivity index (χ0v) is 5.61. The summed E-state index contributed by atoms with van der Waals surface area (Å²) in [5, 5.41) is 7.59. The lowest BCUT2D eigenvalue weighted by molar-refractivity contribution is -0.309.